The van der Waals surface area contributed by atoms with E-state index >= 15 is 0 Å². The number of benzene rings is 1. The molecule has 0 bridgehead atoms. The Morgan fingerprint density at radius 3 is 2.71 bits per heavy atom. The number of ether oxygens (including phenoxy) is 2. The molecule has 0 spiro atoms. The van der Waals surface area contributed by atoms with Crippen molar-refractivity contribution in [3.63, 3.8) is 0 Å². The predicted molar refractivity (Wildman–Crippen MR) is 72.7 cm³/mol. The lowest BCUT2D eigenvalue weighted by Gasteiger charge is -2.09. The third-order valence-electron chi connectivity index (χ3n) is 2.75. The van der Waals surface area contributed by atoms with E-state index in [1.54, 1.807) is 0 Å². The summed E-state index contributed by atoms with van der Waals surface area (Å²) in [4.78, 5) is 15.1. The molecule has 0 saturated heterocycles. The molecule has 1 aromatic carbocycles. The van der Waals surface area contributed by atoms with Crippen LogP contribution in [0.25, 0.3) is 0 Å². The Kier molecular flexibility index (Phi) is 4.42. The average Bonchev–Trinajstić information content (AvgIpc) is 2.93. The van der Waals surface area contributed by atoms with Crippen molar-refractivity contribution in [3.8, 4) is 11.5 Å². The molecule has 0 aliphatic heterocycles. The van der Waals surface area contributed by atoms with E-state index in [4.69, 9.17) is 19.1 Å². The van der Waals surface area contributed by atoms with Crippen LogP contribution in [0.2, 0.25) is 0 Å². The van der Waals surface area contributed by atoms with Crippen molar-refractivity contribution < 1.29 is 23.9 Å². The first-order chi connectivity index (χ1) is 10.0. The molecular weight excluding hydrogens is 276 g/mol. The maximum absolute atomic E-state index is 10.9. The fourth-order valence-corrected chi connectivity index (χ4v) is 1.62. The van der Waals surface area contributed by atoms with Gasteiger partial charge in [0.1, 0.15) is 0 Å². The number of hydrogen-bond acceptors (Lipinski definition) is 6. The van der Waals surface area contributed by atoms with E-state index in [1.165, 1.54) is 25.3 Å². The molecule has 0 aliphatic carbocycles. The van der Waals surface area contributed by atoms with Gasteiger partial charge in [-0.2, -0.15) is 4.98 Å². The summed E-state index contributed by atoms with van der Waals surface area (Å²) in [6, 6.07) is 4.37. The molecule has 7 heteroatoms. The molecule has 7 nitrogen and oxygen atoms in total. The van der Waals surface area contributed by atoms with Crippen molar-refractivity contribution in [1.29, 1.82) is 0 Å². The van der Waals surface area contributed by atoms with Gasteiger partial charge in [0.15, 0.2) is 18.1 Å². The van der Waals surface area contributed by atoms with Crippen molar-refractivity contribution in [2.75, 3.05) is 7.11 Å². The highest BCUT2D eigenvalue weighted by atomic mass is 16.5. The van der Waals surface area contributed by atoms with Gasteiger partial charge in [-0.25, -0.2) is 4.79 Å². The van der Waals surface area contributed by atoms with Crippen LogP contribution in [0.1, 0.15) is 41.8 Å². The van der Waals surface area contributed by atoms with Gasteiger partial charge in [-0.3, -0.25) is 0 Å². The second-order valence-corrected chi connectivity index (χ2v) is 4.66. The minimum atomic E-state index is -1.03. The Hall–Kier alpha value is -2.57. The van der Waals surface area contributed by atoms with Gasteiger partial charge in [0.25, 0.3) is 0 Å². The Morgan fingerprint density at radius 2 is 2.14 bits per heavy atom. The largest absolute Gasteiger partial charge is 0.493 e. The highest BCUT2D eigenvalue weighted by molar-refractivity contribution is 5.88. The highest BCUT2D eigenvalue weighted by Gasteiger charge is 2.13. The van der Waals surface area contributed by atoms with E-state index in [-0.39, 0.29) is 18.1 Å². The lowest BCUT2D eigenvalue weighted by molar-refractivity contribution is 0.0696. The van der Waals surface area contributed by atoms with Crippen LogP contribution in [0, 0.1) is 0 Å². The van der Waals surface area contributed by atoms with E-state index in [1.807, 2.05) is 13.8 Å². The van der Waals surface area contributed by atoms with Crippen LogP contribution in [-0.2, 0) is 6.61 Å². The normalized spacial score (nSPS) is 10.7. The number of carboxylic acid groups (broad SMARTS) is 1. The zero-order chi connectivity index (χ0) is 15.4. The molecule has 112 valence electrons. The minimum absolute atomic E-state index is 0.110. The van der Waals surface area contributed by atoms with Gasteiger partial charge in [-0.05, 0) is 18.2 Å². The molecule has 1 aromatic heterocycles. The quantitative estimate of drug-likeness (QED) is 0.873. The van der Waals surface area contributed by atoms with Crippen LogP contribution < -0.4 is 9.47 Å². The number of carboxylic acids is 1. The standard InChI is InChI=1S/C14H16N2O5/c1-8(2)13-15-12(16-21-13)7-20-10-5-4-9(14(17)18)6-11(10)19-3/h4-6,8H,7H2,1-3H3,(H,17,18). The lowest BCUT2D eigenvalue weighted by atomic mass is 10.2. The number of nitrogens with zero attached hydrogens (tertiary/aromatic N) is 2. The van der Waals surface area contributed by atoms with Crippen LogP contribution in [0.4, 0.5) is 0 Å². The number of methoxy groups -OCH3 is 1. The van der Waals surface area contributed by atoms with Crippen LogP contribution in [0.3, 0.4) is 0 Å². The Labute approximate surface area is 121 Å². The number of hydrogen-bond donors (Lipinski definition) is 1. The van der Waals surface area contributed by atoms with E-state index in [9.17, 15) is 4.79 Å². The summed E-state index contributed by atoms with van der Waals surface area (Å²) in [7, 11) is 1.44. The maximum atomic E-state index is 10.9. The Morgan fingerprint density at radius 1 is 1.38 bits per heavy atom. The molecule has 0 fully saturated rings. The van der Waals surface area contributed by atoms with Gasteiger partial charge in [0.2, 0.25) is 11.7 Å². The molecule has 2 aromatic rings. The first-order valence-electron chi connectivity index (χ1n) is 6.38. The van der Waals surface area contributed by atoms with Crippen molar-refractivity contribution in [2.45, 2.75) is 26.4 Å². The molecule has 0 saturated carbocycles. The topological polar surface area (TPSA) is 94.7 Å². The second-order valence-electron chi connectivity index (χ2n) is 4.66. The van der Waals surface area contributed by atoms with E-state index < -0.39 is 5.97 Å². The molecule has 1 N–H and O–H groups in total. The molecule has 0 amide bonds. The maximum Gasteiger partial charge on any atom is 0.335 e. The van der Waals surface area contributed by atoms with E-state index in [2.05, 4.69) is 10.1 Å². The van der Waals surface area contributed by atoms with Crippen LogP contribution in [0.15, 0.2) is 22.7 Å². The van der Waals surface area contributed by atoms with Crippen molar-refractivity contribution in [2.24, 2.45) is 0 Å². The summed E-state index contributed by atoms with van der Waals surface area (Å²) < 4.78 is 15.7. The van der Waals surface area contributed by atoms with Crippen LogP contribution in [-0.4, -0.2) is 28.3 Å². The van der Waals surface area contributed by atoms with E-state index in [0.717, 1.165) is 0 Å². The minimum Gasteiger partial charge on any atom is -0.493 e. The number of aromatic carboxylic acids is 1. The molecular formula is C14H16N2O5. The first kappa shape index (κ1) is 14.8. The summed E-state index contributed by atoms with van der Waals surface area (Å²) in [6.45, 7) is 4.01. The number of carbonyl (C=O) groups is 1. The highest BCUT2D eigenvalue weighted by Crippen LogP contribution is 2.28. The molecule has 0 atom stereocenters. The smallest absolute Gasteiger partial charge is 0.335 e. The van der Waals surface area contributed by atoms with E-state index in [0.29, 0.717) is 23.2 Å². The fraction of sp³-hybridized carbons (Fsp3) is 0.357. The SMILES string of the molecule is COc1cc(C(=O)O)ccc1OCc1noc(C(C)C)n1. The number of rotatable bonds is 6. The van der Waals surface area contributed by atoms with Crippen LogP contribution >= 0.6 is 0 Å². The molecule has 1 heterocycles. The molecule has 0 aliphatic rings. The Bertz CT molecular complexity index is 636. The number of aromatic nitrogens is 2. The summed E-state index contributed by atoms with van der Waals surface area (Å²) >= 11 is 0. The summed E-state index contributed by atoms with van der Waals surface area (Å²) in [5.41, 5.74) is 0.126. The summed E-state index contributed by atoms with van der Waals surface area (Å²) in [5, 5.41) is 12.7. The molecule has 0 radical (unpaired) electrons. The lowest BCUT2D eigenvalue weighted by Crippen LogP contribution is -2.02. The second kappa shape index (κ2) is 6.25. The van der Waals surface area contributed by atoms with Crippen molar-refractivity contribution in [1.82, 2.24) is 10.1 Å². The van der Waals surface area contributed by atoms with Gasteiger partial charge in [-0.15, -0.1) is 0 Å². The van der Waals surface area contributed by atoms with Crippen molar-refractivity contribution in [3.05, 3.63) is 35.5 Å². The summed E-state index contributed by atoms with van der Waals surface area (Å²) in [5.74, 6) is 0.834. The zero-order valence-corrected chi connectivity index (χ0v) is 12.0. The van der Waals surface area contributed by atoms with Gasteiger partial charge in [0, 0.05) is 5.92 Å². The van der Waals surface area contributed by atoms with Gasteiger partial charge < -0.3 is 19.1 Å². The van der Waals surface area contributed by atoms with Gasteiger partial charge in [-0.1, -0.05) is 19.0 Å². The zero-order valence-electron chi connectivity index (χ0n) is 12.0. The summed E-state index contributed by atoms with van der Waals surface area (Å²) in [6.07, 6.45) is 0. The molecule has 21 heavy (non-hydrogen) atoms. The molecule has 2 rings (SSSR count). The first-order valence-corrected chi connectivity index (χ1v) is 6.38. The Balaban J connectivity index is 2.10. The fourth-order valence-electron chi connectivity index (χ4n) is 1.62. The monoisotopic (exact) mass is 292 g/mol. The molecule has 0 unspecified atom stereocenters. The predicted octanol–water partition coefficient (Wildman–Crippen LogP) is 2.48. The third-order valence-corrected chi connectivity index (χ3v) is 2.75. The van der Waals surface area contributed by atoms with Gasteiger partial charge >= 0.3 is 5.97 Å². The average molecular weight is 292 g/mol. The van der Waals surface area contributed by atoms with Gasteiger partial charge in [0.05, 0.1) is 12.7 Å². The van der Waals surface area contributed by atoms with Crippen molar-refractivity contribution >= 4 is 5.97 Å². The third kappa shape index (κ3) is 3.50. The van der Waals surface area contributed by atoms with Crippen LogP contribution in [0.5, 0.6) is 11.5 Å².